The Labute approximate surface area is 110 Å². The van der Waals surface area contributed by atoms with Crippen molar-refractivity contribution in [2.75, 3.05) is 0 Å². The molecule has 0 spiro atoms. The van der Waals surface area contributed by atoms with E-state index in [-0.39, 0.29) is 0 Å². The summed E-state index contributed by atoms with van der Waals surface area (Å²) in [6.45, 7) is 1.89. The van der Waals surface area contributed by atoms with Crippen LogP contribution >= 0.6 is 23.2 Å². The third-order valence-corrected chi connectivity index (χ3v) is 4.93. The lowest BCUT2D eigenvalue weighted by Crippen LogP contribution is -2.16. The predicted octanol–water partition coefficient (Wildman–Crippen LogP) is 3.56. The molecule has 1 aliphatic rings. The third kappa shape index (κ3) is 1.10. The number of alkyl halides is 2. The van der Waals surface area contributed by atoms with Crippen LogP contribution in [-0.4, -0.2) is 4.33 Å². The van der Waals surface area contributed by atoms with Crippen molar-refractivity contribution in [3.8, 4) is 12.1 Å². The van der Waals surface area contributed by atoms with Crippen LogP contribution in [-0.2, 0) is 5.41 Å². The van der Waals surface area contributed by atoms with Gasteiger partial charge in [-0.3, -0.25) is 0 Å². The van der Waals surface area contributed by atoms with Crippen LogP contribution in [0.3, 0.4) is 0 Å². The molecule has 2 nitrogen and oxygen atoms in total. The highest BCUT2D eigenvalue weighted by atomic mass is 35.5. The topological polar surface area (TPSA) is 47.6 Å². The predicted molar refractivity (Wildman–Crippen MR) is 66.5 cm³/mol. The molecule has 0 bridgehead atoms. The number of halogens is 2. The number of hydrogen-bond acceptors (Lipinski definition) is 2. The van der Waals surface area contributed by atoms with Gasteiger partial charge in [-0.1, -0.05) is 60.5 Å². The molecule has 2 rings (SSSR count). The van der Waals surface area contributed by atoms with Crippen molar-refractivity contribution < 1.29 is 0 Å². The van der Waals surface area contributed by atoms with Gasteiger partial charge in [0.25, 0.3) is 0 Å². The molecule has 1 aliphatic carbocycles. The number of nitrogens with zero attached hydrogens (tertiary/aromatic N) is 2. The van der Waals surface area contributed by atoms with Crippen molar-refractivity contribution in [2.24, 2.45) is 5.41 Å². The zero-order chi connectivity index (χ0) is 12.7. The van der Waals surface area contributed by atoms with Gasteiger partial charge in [-0.05, 0) is 12.0 Å². The summed E-state index contributed by atoms with van der Waals surface area (Å²) >= 11 is 12.5. The van der Waals surface area contributed by atoms with Crippen LogP contribution in [0.4, 0.5) is 0 Å². The van der Waals surface area contributed by atoms with Crippen LogP contribution in [0.2, 0.25) is 0 Å². The second kappa shape index (κ2) is 3.64. The van der Waals surface area contributed by atoms with Gasteiger partial charge in [0.2, 0.25) is 0 Å². The Bertz CT molecular complexity index is 511. The smallest absolute Gasteiger partial charge is 0.189 e. The largest absolute Gasteiger partial charge is 0.196 e. The highest BCUT2D eigenvalue weighted by Crippen LogP contribution is 2.79. The molecule has 0 radical (unpaired) electrons. The average Bonchev–Trinajstić information content (AvgIpc) is 2.81. The second-order valence-corrected chi connectivity index (χ2v) is 5.50. The van der Waals surface area contributed by atoms with Gasteiger partial charge in [-0.15, -0.1) is 0 Å². The summed E-state index contributed by atoms with van der Waals surface area (Å²) < 4.78 is -1.35. The fourth-order valence-electron chi connectivity index (χ4n) is 2.71. The van der Waals surface area contributed by atoms with Gasteiger partial charge in [0.1, 0.15) is 0 Å². The molecule has 1 fully saturated rings. The minimum absolute atomic E-state index is 0.547. The average molecular weight is 265 g/mol. The van der Waals surface area contributed by atoms with Gasteiger partial charge >= 0.3 is 0 Å². The Morgan fingerprint density at radius 1 is 1.12 bits per heavy atom. The SMILES string of the molecule is CCC1(c2ccccc2)C(Cl)(Cl)C1(C#N)C#N. The summed E-state index contributed by atoms with van der Waals surface area (Å²) in [6.07, 6.45) is 0.547. The van der Waals surface area contributed by atoms with E-state index >= 15 is 0 Å². The highest BCUT2D eigenvalue weighted by Gasteiger charge is 2.88. The Balaban J connectivity index is 2.66. The van der Waals surface area contributed by atoms with Crippen LogP contribution in [0, 0.1) is 28.1 Å². The van der Waals surface area contributed by atoms with Crippen LogP contribution < -0.4 is 0 Å². The van der Waals surface area contributed by atoms with Crippen molar-refractivity contribution >= 4 is 23.2 Å². The first-order valence-electron chi connectivity index (χ1n) is 5.30. The van der Waals surface area contributed by atoms with E-state index in [1.165, 1.54) is 0 Å². The zero-order valence-corrected chi connectivity index (χ0v) is 10.8. The van der Waals surface area contributed by atoms with Crippen LogP contribution in [0.1, 0.15) is 18.9 Å². The Morgan fingerprint density at radius 3 is 2.00 bits per heavy atom. The molecule has 17 heavy (non-hydrogen) atoms. The summed E-state index contributed by atoms with van der Waals surface area (Å²) in [7, 11) is 0. The number of hydrogen-bond donors (Lipinski definition) is 0. The van der Waals surface area contributed by atoms with Gasteiger partial charge in [0, 0.05) is 0 Å². The zero-order valence-electron chi connectivity index (χ0n) is 9.24. The van der Waals surface area contributed by atoms with Crippen molar-refractivity contribution in [1.82, 2.24) is 0 Å². The van der Waals surface area contributed by atoms with Crippen molar-refractivity contribution in [3.63, 3.8) is 0 Å². The lowest BCUT2D eigenvalue weighted by Gasteiger charge is -2.15. The van der Waals surface area contributed by atoms with Crippen LogP contribution in [0.25, 0.3) is 0 Å². The van der Waals surface area contributed by atoms with Gasteiger partial charge in [0.15, 0.2) is 9.75 Å². The number of rotatable bonds is 2. The molecular formula is C13H10Cl2N2. The first-order chi connectivity index (χ1) is 8.04. The molecule has 0 saturated heterocycles. The lowest BCUT2D eigenvalue weighted by atomic mass is 9.85. The molecule has 1 atom stereocenters. The molecule has 1 saturated carbocycles. The number of benzene rings is 1. The van der Waals surface area contributed by atoms with E-state index < -0.39 is 15.2 Å². The van der Waals surface area contributed by atoms with Crippen molar-refractivity contribution in [1.29, 1.82) is 10.5 Å². The molecule has 1 aromatic carbocycles. The number of nitriles is 2. The molecule has 1 unspecified atom stereocenters. The van der Waals surface area contributed by atoms with Gasteiger partial charge in [-0.25, -0.2) is 0 Å². The normalized spacial score (nSPS) is 27.8. The molecule has 0 heterocycles. The van der Waals surface area contributed by atoms with Gasteiger partial charge < -0.3 is 0 Å². The minimum atomic E-state index is -1.36. The van der Waals surface area contributed by atoms with Crippen molar-refractivity contribution in [2.45, 2.75) is 23.1 Å². The summed E-state index contributed by atoms with van der Waals surface area (Å²) in [5, 5.41) is 18.6. The Kier molecular flexibility index (Phi) is 2.62. The van der Waals surface area contributed by atoms with E-state index in [4.69, 9.17) is 23.2 Å². The standard InChI is InChI=1S/C13H10Cl2N2/c1-2-12(10-6-4-3-5-7-10)11(8-16,9-17)13(12,14)15/h3-7H,2H2,1H3. The highest BCUT2D eigenvalue weighted by molar-refractivity contribution is 6.54. The molecule has 4 heteroatoms. The fraction of sp³-hybridized carbons (Fsp3) is 0.385. The monoisotopic (exact) mass is 264 g/mol. The van der Waals surface area contributed by atoms with E-state index in [9.17, 15) is 10.5 Å². The van der Waals surface area contributed by atoms with Crippen molar-refractivity contribution in [3.05, 3.63) is 35.9 Å². The van der Waals surface area contributed by atoms with E-state index in [2.05, 4.69) is 0 Å². The second-order valence-electron chi connectivity index (χ2n) is 4.17. The minimum Gasteiger partial charge on any atom is -0.196 e. The maximum atomic E-state index is 9.28. The van der Waals surface area contributed by atoms with E-state index in [0.717, 1.165) is 5.56 Å². The van der Waals surface area contributed by atoms with Crippen LogP contribution in [0.15, 0.2) is 30.3 Å². The Hall–Kier alpha value is -1.22. The molecule has 1 aromatic rings. The summed E-state index contributed by atoms with van der Waals surface area (Å²) in [4.78, 5) is 0. The molecule has 0 amide bonds. The van der Waals surface area contributed by atoms with E-state index in [1.54, 1.807) is 0 Å². The van der Waals surface area contributed by atoms with E-state index in [0.29, 0.717) is 6.42 Å². The quantitative estimate of drug-likeness (QED) is 0.767. The lowest BCUT2D eigenvalue weighted by molar-refractivity contribution is 0.580. The van der Waals surface area contributed by atoms with E-state index in [1.807, 2.05) is 49.4 Å². The summed E-state index contributed by atoms with van der Waals surface area (Å²) in [5.74, 6) is 0. The Morgan fingerprint density at radius 2 is 1.65 bits per heavy atom. The van der Waals surface area contributed by atoms with Gasteiger partial charge in [0.05, 0.1) is 17.6 Å². The molecule has 0 aliphatic heterocycles. The maximum Gasteiger partial charge on any atom is 0.189 e. The summed E-state index contributed by atoms with van der Waals surface area (Å²) in [6, 6.07) is 13.3. The molecule has 0 N–H and O–H groups in total. The van der Waals surface area contributed by atoms with Gasteiger partial charge in [-0.2, -0.15) is 10.5 Å². The maximum absolute atomic E-state index is 9.28. The molecule has 86 valence electrons. The first-order valence-corrected chi connectivity index (χ1v) is 6.05. The van der Waals surface area contributed by atoms with Crippen LogP contribution in [0.5, 0.6) is 0 Å². The third-order valence-electron chi connectivity index (χ3n) is 3.72. The molecule has 0 aromatic heterocycles. The molecular weight excluding hydrogens is 255 g/mol. The summed E-state index contributed by atoms with van der Waals surface area (Å²) in [5.41, 5.74) is -1.32. The first kappa shape index (κ1) is 12.2. The fourth-order valence-corrected chi connectivity index (χ4v) is 3.88.